The molecule has 0 aliphatic heterocycles. The summed E-state index contributed by atoms with van der Waals surface area (Å²) in [5, 5.41) is 2.96. The molecule has 0 aromatic carbocycles. The van der Waals surface area contributed by atoms with Gasteiger partial charge in [0.2, 0.25) is 0 Å². The standard InChI is InChI=1S/C15H29NO5S/c1-13(2,3)21-12(17)16-15(6)9-8-11(14(15,4)5)10-20-22(7,18)19/h11H,8-10H2,1-7H3,(H,16,17)/t11?,15-/m1/s1. The second-order valence-electron chi connectivity index (χ2n) is 7.90. The van der Waals surface area contributed by atoms with Crippen molar-refractivity contribution in [2.45, 2.75) is 65.5 Å². The fourth-order valence-corrected chi connectivity index (χ4v) is 3.26. The maximum atomic E-state index is 12.1. The highest BCUT2D eigenvalue weighted by atomic mass is 32.2. The van der Waals surface area contributed by atoms with E-state index in [0.29, 0.717) is 0 Å². The summed E-state index contributed by atoms with van der Waals surface area (Å²) in [6.07, 6.45) is 2.13. The molecule has 1 aliphatic carbocycles. The number of hydrogen-bond acceptors (Lipinski definition) is 5. The molecule has 7 heteroatoms. The van der Waals surface area contributed by atoms with Gasteiger partial charge in [-0.2, -0.15) is 8.42 Å². The summed E-state index contributed by atoms with van der Waals surface area (Å²) in [6, 6.07) is 0. The zero-order chi connectivity index (χ0) is 17.4. The average molecular weight is 335 g/mol. The summed E-state index contributed by atoms with van der Waals surface area (Å²) in [4.78, 5) is 12.1. The molecule has 22 heavy (non-hydrogen) atoms. The number of hydrogen-bond donors (Lipinski definition) is 1. The molecule has 0 aromatic rings. The van der Waals surface area contributed by atoms with Crippen LogP contribution in [0, 0.1) is 11.3 Å². The highest BCUT2D eigenvalue weighted by Gasteiger charge is 2.52. The Morgan fingerprint density at radius 1 is 1.27 bits per heavy atom. The van der Waals surface area contributed by atoms with Crippen LogP contribution >= 0.6 is 0 Å². The summed E-state index contributed by atoms with van der Waals surface area (Å²) in [7, 11) is -3.46. The SMILES string of the molecule is CC(C)(C)OC(=O)N[C@]1(C)CCC(COS(C)(=O)=O)C1(C)C. The van der Waals surface area contributed by atoms with Crippen molar-refractivity contribution in [3.8, 4) is 0 Å². The van der Waals surface area contributed by atoms with Crippen LogP contribution < -0.4 is 5.32 Å². The maximum Gasteiger partial charge on any atom is 0.408 e. The van der Waals surface area contributed by atoms with Crippen LogP contribution in [0.25, 0.3) is 0 Å². The summed E-state index contributed by atoms with van der Waals surface area (Å²) in [5.41, 5.74) is -1.34. The Bertz CT molecular complexity index is 521. The third kappa shape index (κ3) is 4.84. The van der Waals surface area contributed by atoms with Crippen LogP contribution in [0.3, 0.4) is 0 Å². The molecule has 1 fully saturated rings. The lowest BCUT2D eigenvalue weighted by Crippen LogP contribution is -2.55. The van der Waals surface area contributed by atoms with Crippen molar-refractivity contribution >= 4 is 16.2 Å². The van der Waals surface area contributed by atoms with E-state index in [1.807, 2.05) is 41.5 Å². The van der Waals surface area contributed by atoms with Crippen LogP contribution in [0.1, 0.15) is 54.4 Å². The topological polar surface area (TPSA) is 81.7 Å². The molecule has 1 rings (SSSR count). The molecule has 1 amide bonds. The second-order valence-corrected chi connectivity index (χ2v) is 9.55. The molecule has 0 spiro atoms. The Labute approximate surface area is 134 Å². The molecule has 0 radical (unpaired) electrons. The third-order valence-corrected chi connectivity index (χ3v) is 5.26. The van der Waals surface area contributed by atoms with Crippen LogP contribution in [-0.2, 0) is 19.0 Å². The lowest BCUT2D eigenvalue weighted by atomic mass is 9.71. The molecule has 130 valence electrons. The number of carbonyl (C=O) groups excluding carboxylic acids is 1. The van der Waals surface area contributed by atoms with E-state index >= 15 is 0 Å². The normalized spacial score (nSPS) is 28.4. The van der Waals surface area contributed by atoms with Crippen LogP contribution in [0.2, 0.25) is 0 Å². The minimum absolute atomic E-state index is 0.0437. The molecule has 0 bridgehead atoms. The predicted octanol–water partition coefficient (Wildman–Crippen LogP) is 2.68. The van der Waals surface area contributed by atoms with E-state index in [1.54, 1.807) is 0 Å². The van der Waals surface area contributed by atoms with Gasteiger partial charge in [-0.25, -0.2) is 4.79 Å². The van der Waals surface area contributed by atoms with E-state index in [9.17, 15) is 13.2 Å². The van der Waals surface area contributed by atoms with Crippen molar-refractivity contribution in [2.75, 3.05) is 12.9 Å². The van der Waals surface area contributed by atoms with E-state index in [2.05, 4.69) is 5.32 Å². The Kier molecular flexibility index (Phi) is 5.24. The highest BCUT2D eigenvalue weighted by molar-refractivity contribution is 7.85. The van der Waals surface area contributed by atoms with Gasteiger partial charge in [0.1, 0.15) is 5.60 Å². The Morgan fingerprint density at radius 2 is 1.82 bits per heavy atom. The second kappa shape index (κ2) is 6.00. The first kappa shape index (κ1) is 19.2. The number of ether oxygens (including phenoxy) is 1. The first-order valence-electron chi connectivity index (χ1n) is 7.52. The summed E-state index contributed by atoms with van der Waals surface area (Å²) < 4.78 is 32.7. The van der Waals surface area contributed by atoms with E-state index in [-0.39, 0.29) is 17.9 Å². The number of alkyl carbamates (subject to hydrolysis) is 1. The molecule has 1 aliphatic rings. The molecule has 0 aromatic heterocycles. The van der Waals surface area contributed by atoms with Gasteiger partial charge in [0.15, 0.2) is 0 Å². The number of carbonyl (C=O) groups is 1. The van der Waals surface area contributed by atoms with Crippen LogP contribution in [0.15, 0.2) is 0 Å². The molecule has 1 saturated carbocycles. The van der Waals surface area contributed by atoms with Crippen molar-refractivity contribution in [2.24, 2.45) is 11.3 Å². The molecule has 1 N–H and O–H groups in total. The third-order valence-electron chi connectivity index (χ3n) is 4.70. The molecule has 0 heterocycles. The maximum absolute atomic E-state index is 12.1. The summed E-state index contributed by atoms with van der Waals surface area (Å²) in [5.74, 6) is 0.0437. The molecular formula is C15H29NO5S. The van der Waals surface area contributed by atoms with E-state index in [1.165, 1.54) is 0 Å². The van der Waals surface area contributed by atoms with Gasteiger partial charge in [0.05, 0.1) is 12.9 Å². The summed E-state index contributed by atoms with van der Waals surface area (Å²) in [6.45, 7) is 11.6. The fraction of sp³-hybridized carbons (Fsp3) is 0.933. The molecular weight excluding hydrogens is 306 g/mol. The van der Waals surface area contributed by atoms with E-state index in [4.69, 9.17) is 8.92 Å². The monoisotopic (exact) mass is 335 g/mol. The first-order chi connectivity index (χ1) is 9.66. The van der Waals surface area contributed by atoms with Gasteiger partial charge in [-0.1, -0.05) is 13.8 Å². The summed E-state index contributed by atoms with van der Waals surface area (Å²) >= 11 is 0. The smallest absolute Gasteiger partial charge is 0.408 e. The van der Waals surface area contributed by atoms with Crippen LogP contribution in [0.5, 0.6) is 0 Å². The van der Waals surface area contributed by atoms with Gasteiger partial charge in [-0.05, 0) is 51.9 Å². The number of rotatable bonds is 4. The predicted molar refractivity (Wildman–Crippen MR) is 85.1 cm³/mol. The lowest BCUT2D eigenvalue weighted by molar-refractivity contribution is 0.0320. The number of amides is 1. The Balaban J connectivity index is 2.77. The van der Waals surface area contributed by atoms with Crippen molar-refractivity contribution in [3.63, 3.8) is 0 Å². The van der Waals surface area contributed by atoms with Gasteiger partial charge < -0.3 is 10.1 Å². The fourth-order valence-electron chi connectivity index (χ4n) is 2.85. The molecule has 2 atom stereocenters. The zero-order valence-electron chi connectivity index (χ0n) is 14.6. The van der Waals surface area contributed by atoms with Crippen molar-refractivity contribution in [1.82, 2.24) is 5.32 Å². The quantitative estimate of drug-likeness (QED) is 0.799. The highest BCUT2D eigenvalue weighted by Crippen LogP contribution is 2.50. The van der Waals surface area contributed by atoms with Crippen LogP contribution in [0.4, 0.5) is 4.79 Å². The van der Waals surface area contributed by atoms with Crippen molar-refractivity contribution < 1.29 is 22.1 Å². The Morgan fingerprint density at radius 3 is 2.27 bits per heavy atom. The molecule has 6 nitrogen and oxygen atoms in total. The minimum Gasteiger partial charge on any atom is -0.444 e. The lowest BCUT2D eigenvalue weighted by Gasteiger charge is -2.42. The largest absolute Gasteiger partial charge is 0.444 e. The van der Waals surface area contributed by atoms with Gasteiger partial charge in [0.25, 0.3) is 10.1 Å². The van der Waals surface area contributed by atoms with Gasteiger partial charge in [0, 0.05) is 5.54 Å². The first-order valence-corrected chi connectivity index (χ1v) is 9.33. The van der Waals surface area contributed by atoms with Gasteiger partial charge in [-0.15, -0.1) is 0 Å². The average Bonchev–Trinajstić information content (AvgIpc) is 2.43. The van der Waals surface area contributed by atoms with Crippen molar-refractivity contribution in [1.29, 1.82) is 0 Å². The van der Waals surface area contributed by atoms with Crippen LogP contribution in [-0.4, -0.2) is 38.5 Å². The number of nitrogens with one attached hydrogen (secondary N) is 1. The minimum atomic E-state index is -3.46. The Hall–Kier alpha value is -0.820. The van der Waals surface area contributed by atoms with E-state index < -0.39 is 27.4 Å². The van der Waals surface area contributed by atoms with E-state index in [0.717, 1.165) is 19.1 Å². The van der Waals surface area contributed by atoms with Gasteiger partial charge >= 0.3 is 6.09 Å². The van der Waals surface area contributed by atoms with Gasteiger partial charge in [-0.3, -0.25) is 4.18 Å². The molecule has 0 saturated heterocycles. The van der Waals surface area contributed by atoms with Crippen molar-refractivity contribution in [3.05, 3.63) is 0 Å². The molecule has 1 unspecified atom stereocenters. The zero-order valence-corrected chi connectivity index (χ0v) is 15.5.